The Balaban J connectivity index is 0.000000817. The van der Waals surface area contributed by atoms with Gasteiger partial charge >= 0.3 is 5.63 Å². The molecule has 3 rings (SSSR count). The molecule has 0 radical (unpaired) electrons. The normalized spacial score (nSPS) is 10.1. The summed E-state index contributed by atoms with van der Waals surface area (Å²) in [5.74, 6) is 0.237. The van der Waals surface area contributed by atoms with Gasteiger partial charge in [0.2, 0.25) is 0 Å². The maximum Gasteiger partial charge on any atom is 0.336 e. The van der Waals surface area contributed by atoms with Gasteiger partial charge in [-0.1, -0.05) is 24.3 Å². The highest BCUT2D eigenvalue weighted by molar-refractivity contribution is 5.94. The fourth-order valence-electron chi connectivity index (χ4n) is 2.55. The Bertz CT molecular complexity index is 978. The Morgan fingerprint density at radius 2 is 1.78 bits per heavy atom. The number of hydrogen-bond acceptors (Lipinski definition) is 5. The quantitative estimate of drug-likeness (QED) is 0.715. The molecule has 6 nitrogen and oxygen atoms in total. The van der Waals surface area contributed by atoms with Crippen LogP contribution in [0.3, 0.4) is 0 Å². The maximum absolute atomic E-state index is 11.9. The number of ether oxygens (including phenoxy) is 2. The number of methoxy groups -OCH3 is 1. The van der Waals surface area contributed by atoms with E-state index in [0.29, 0.717) is 11.3 Å². The van der Waals surface area contributed by atoms with Gasteiger partial charge in [0, 0.05) is 44.3 Å². The fourth-order valence-corrected chi connectivity index (χ4v) is 2.55. The molecule has 1 N–H and O–H groups in total. The van der Waals surface area contributed by atoms with Crippen molar-refractivity contribution in [3.8, 4) is 16.9 Å². The Morgan fingerprint density at radius 3 is 2.44 bits per heavy atom. The van der Waals surface area contributed by atoms with Crippen molar-refractivity contribution in [1.82, 2.24) is 5.32 Å². The second-order valence-corrected chi connectivity index (χ2v) is 5.82. The number of aryl methyl sites for hydroxylation is 1. The van der Waals surface area contributed by atoms with Gasteiger partial charge < -0.3 is 19.2 Å². The molecule has 142 valence electrons. The largest absolute Gasteiger partial charge is 0.484 e. The van der Waals surface area contributed by atoms with Crippen molar-refractivity contribution >= 4 is 16.9 Å². The van der Waals surface area contributed by atoms with E-state index in [1.165, 1.54) is 6.07 Å². The van der Waals surface area contributed by atoms with Gasteiger partial charge in [-0.3, -0.25) is 4.79 Å². The van der Waals surface area contributed by atoms with Gasteiger partial charge in [0.05, 0.1) is 0 Å². The van der Waals surface area contributed by atoms with Gasteiger partial charge in [0.15, 0.2) is 6.61 Å². The van der Waals surface area contributed by atoms with Crippen LogP contribution < -0.4 is 15.7 Å². The van der Waals surface area contributed by atoms with Crippen LogP contribution in [0.2, 0.25) is 0 Å². The molecule has 1 amide bonds. The van der Waals surface area contributed by atoms with Crippen molar-refractivity contribution in [3.63, 3.8) is 0 Å². The smallest absolute Gasteiger partial charge is 0.336 e. The van der Waals surface area contributed by atoms with E-state index in [1.54, 1.807) is 33.4 Å². The average molecular weight is 369 g/mol. The maximum atomic E-state index is 11.9. The lowest BCUT2D eigenvalue weighted by Crippen LogP contribution is -2.24. The first-order chi connectivity index (χ1) is 13.0. The molecule has 0 atom stereocenters. The molecule has 1 aromatic heterocycles. The molecular formula is C21H23NO5. The summed E-state index contributed by atoms with van der Waals surface area (Å²) in [5.41, 5.74) is 2.87. The van der Waals surface area contributed by atoms with Gasteiger partial charge in [-0.15, -0.1) is 0 Å². The zero-order chi connectivity index (χ0) is 19.8. The van der Waals surface area contributed by atoms with E-state index in [1.807, 2.05) is 37.3 Å². The molecule has 0 unspecified atom stereocenters. The summed E-state index contributed by atoms with van der Waals surface area (Å²) in [6.07, 6.45) is 0. The van der Waals surface area contributed by atoms with Crippen molar-refractivity contribution in [1.29, 1.82) is 0 Å². The third-order valence-corrected chi connectivity index (χ3v) is 3.80. The summed E-state index contributed by atoms with van der Waals surface area (Å²) in [7, 11) is 4.79. The van der Waals surface area contributed by atoms with E-state index in [-0.39, 0.29) is 12.5 Å². The molecule has 2 aromatic carbocycles. The molecule has 0 saturated heterocycles. The summed E-state index contributed by atoms with van der Waals surface area (Å²) in [6.45, 7) is 1.90. The van der Waals surface area contributed by atoms with Crippen LogP contribution in [-0.4, -0.2) is 33.8 Å². The molecule has 27 heavy (non-hydrogen) atoms. The van der Waals surface area contributed by atoms with Crippen molar-refractivity contribution in [3.05, 3.63) is 64.5 Å². The van der Waals surface area contributed by atoms with Gasteiger partial charge in [0.25, 0.3) is 5.91 Å². The van der Waals surface area contributed by atoms with E-state index in [9.17, 15) is 9.59 Å². The minimum Gasteiger partial charge on any atom is -0.484 e. The molecule has 0 fully saturated rings. The minimum atomic E-state index is -0.427. The van der Waals surface area contributed by atoms with Crippen molar-refractivity contribution in [2.45, 2.75) is 6.92 Å². The van der Waals surface area contributed by atoms with Gasteiger partial charge in [-0.05, 0) is 30.2 Å². The second-order valence-electron chi connectivity index (χ2n) is 5.82. The number of fused-ring (bicyclic) bond motifs is 1. The SMILES string of the molecule is CNC(=O)COc1ccc2c(-c3ccccc3C)cc(=O)oc2c1.COC. The number of carbonyl (C=O) groups is 1. The third kappa shape index (κ3) is 5.18. The Labute approximate surface area is 157 Å². The first-order valence-electron chi connectivity index (χ1n) is 8.37. The van der Waals surface area contributed by atoms with Crippen LogP contribution in [0.5, 0.6) is 5.75 Å². The van der Waals surface area contributed by atoms with Crippen LogP contribution in [0.4, 0.5) is 0 Å². The van der Waals surface area contributed by atoms with Gasteiger partial charge in [-0.25, -0.2) is 4.79 Å². The van der Waals surface area contributed by atoms with E-state index in [4.69, 9.17) is 9.15 Å². The highest BCUT2D eigenvalue weighted by Gasteiger charge is 2.11. The lowest BCUT2D eigenvalue weighted by Gasteiger charge is -2.10. The van der Waals surface area contributed by atoms with Crippen LogP contribution >= 0.6 is 0 Å². The highest BCUT2D eigenvalue weighted by atomic mass is 16.5. The zero-order valence-corrected chi connectivity index (χ0v) is 15.9. The Hall–Kier alpha value is -3.12. The highest BCUT2D eigenvalue weighted by Crippen LogP contribution is 2.31. The third-order valence-electron chi connectivity index (χ3n) is 3.80. The predicted molar refractivity (Wildman–Crippen MR) is 105 cm³/mol. The standard InChI is InChI=1S/C19H17NO4.C2H6O/c1-12-5-3-4-6-14(12)16-10-19(22)24-17-9-13(7-8-15(16)17)23-11-18(21)20-2;1-3-2/h3-10H,11H2,1-2H3,(H,20,21);1-2H3. The van der Waals surface area contributed by atoms with Gasteiger partial charge in [0.1, 0.15) is 11.3 Å². The number of amides is 1. The molecule has 0 spiro atoms. The fraction of sp³-hybridized carbons (Fsp3) is 0.238. The number of likely N-dealkylation sites (N-methyl/N-ethyl adjacent to an activating group) is 1. The van der Waals surface area contributed by atoms with Crippen LogP contribution in [0.25, 0.3) is 22.1 Å². The Morgan fingerprint density at radius 1 is 1.07 bits per heavy atom. The van der Waals surface area contributed by atoms with Crippen LogP contribution in [0.1, 0.15) is 5.56 Å². The summed E-state index contributed by atoms with van der Waals surface area (Å²) < 4.78 is 15.0. The zero-order valence-electron chi connectivity index (χ0n) is 15.9. The number of nitrogens with one attached hydrogen (secondary N) is 1. The first-order valence-corrected chi connectivity index (χ1v) is 8.37. The first kappa shape index (κ1) is 20.2. The molecule has 3 aromatic rings. The molecule has 0 aliphatic heterocycles. The van der Waals surface area contributed by atoms with Gasteiger partial charge in [-0.2, -0.15) is 0 Å². The van der Waals surface area contributed by atoms with E-state index < -0.39 is 5.63 Å². The van der Waals surface area contributed by atoms with Crippen molar-refractivity contribution in [2.24, 2.45) is 0 Å². The van der Waals surface area contributed by atoms with E-state index >= 15 is 0 Å². The lowest BCUT2D eigenvalue weighted by molar-refractivity contribution is -0.122. The number of carbonyl (C=O) groups excluding carboxylic acids is 1. The molecule has 0 aliphatic rings. The Kier molecular flexibility index (Phi) is 7.14. The van der Waals surface area contributed by atoms with Crippen molar-refractivity contribution in [2.75, 3.05) is 27.9 Å². The molecular weight excluding hydrogens is 346 g/mol. The second kappa shape index (κ2) is 9.54. The van der Waals surface area contributed by atoms with E-state index in [0.717, 1.165) is 22.1 Å². The summed E-state index contributed by atoms with van der Waals surface area (Å²) in [6, 6.07) is 14.6. The number of hydrogen-bond donors (Lipinski definition) is 1. The molecule has 0 bridgehead atoms. The monoisotopic (exact) mass is 369 g/mol. The molecule has 6 heteroatoms. The summed E-state index contributed by atoms with van der Waals surface area (Å²) in [4.78, 5) is 23.2. The molecule has 1 heterocycles. The minimum absolute atomic E-state index is 0.0935. The van der Waals surface area contributed by atoms with Crippen LogP contribution in [0, 0.1) is 6.92 Å². The lowest BCUT2D eigenvalue weighted by atomic mass is 9.98. The van der Waals surface area contributed by atoms with Crippen molar-refractivity contribution < 1.29 is 18.7 Å². The van der Waals surface area contributed by atoms with Crippen LogP contribution in [-0.2, 0) is 9.53 Å². The average Bonchev–Trinajstić information content (AvgIpc) is 2.66. The summed E-state index contributed by atoms with van der Waals surface area (Å²) >= 11 is 0. The molecule has 0 saturated carbocycles. The number of benzene rings is 2. The molecule has 0 aliphatic carbocycles. The van der Waals surface area contributed by atoms with Crippen LogP contribution in [0.15, 0.2) is 57.7 Å². The number of rotatable bonds is 4. The topological polar surface area (TPSA) is 77.8 Å². The summed E-state index contributed by atoms with van der Waals surface area (Å²) in [5, 5.41) is 3.30. The van der Waals surface area contributed by atoms with E-state index in [2.05, 4.69) is 10.1 Å². The predicted octanol–water partition coefficient (Wildman–Crippen LogP) is 3.16.